The van der Waals surface area contributed by atoms with Crippen LogP contribution < -0.4 is 4.74 Å². The van der Waals surface area contributed by atoms with Crippen LogP contribution >= 0.6 is 0 Å². The van der Waals surface area contributed by atoms with Crippen LogP contribution in [0.4, 0.5) is 4.79 Å². The van der Waals surface area contributed by atoms with Gasteiger partial charge in [0.2, 0.25) is 0 Å². The molecule has 1 aliphatic rings. The lowest BCUT2D eigenvalue weighted by molar-refractivity contribution is -0.145. The van der Waals surface area contributed by atoms with Gasteiger partial charge in [-0.05, 0) is 43.0 Å². The molecule has 1 fully saturated rings. The summed E-state index contributed by atoms with van der Waals surface area (Å²) in [5.74, 6) is -0.779. The number of hydrogen-bond donors (Lipinski definition) is 2. The zero-order valence-electron chi connectivity index (χ0n) is 15.8. The van der Waals surface area contributed by atoms with Gasteiger partial charge < -0.3 is 24.6 Å². The third-order valence-electron chi connectivity index (χ3n) is 5.14. The minimum atomic E-state index is -1.34. The summed E-state index contributed by atoms with van der Waals surface area (Å²) in [6.45, 7) is 3.61. The Bertz CT molecular complexity index is 736. The van der Waals surface area contributed by atoms with Gasteiger partial charge in [-0.25, -0.2) is 4.79 Å². The van der Waals surface area contributed by atoms with Crippen LogP contribution in [0.25, 0.3) is 0 Å². The molecule has 2 N–H and O–H groups in total. The number of rotatable bonds is 7. The molecule has 2 rings (SSSR count). The highest BCUT2D eigenvalue weighted by Crippen LogP contribution is 2.42. The van der Waals surface area contributed by atoms with Gasteiger partial charge in [-0.3, -0.25) is 9.59 Å². The van der Waals surface area contributed by atoms with Crippen molar-refractivity contribution in [1.29, 1.82) is 0 Å². The van der Waals surface area contributed by atoms with E-state index in [0.29, 0.717) is 22.4 Å². The van der Waals surface area contributed by atoms with E-state index >= 15 is 0 Å². The van der Waals surface area contributed by atoms with Crippen molar-refractivity contribution in [2.24, 2.45) is 0 Å². The lowest BCUT2D eigenvalue weighted by Crippen LogP contribution is -2.49. The van der Waals surface area contributed by atoms with E-state index in [2.05, 4.69) is 0 Å². The van der Waals surface area contributed by atoms with Gasteiger partial charge in [0.25, 0.3) is 0 Å². The minimum Gasteiger partial charge on any atom is -0.481 e. The van der Waals surface area contributed by atoms with Gasteiger partial charge in [0, 0.05) is 32.2 Å². The van der Waals surface area contributed by atoms with E-state index in [1.165, 1.54) is 12.0 Å². The molecule has 1 aliphatic heterocycles. The van der Waals surface area contributed by atoms with E-state index in [0.717, 1.165) is 0 Å². The highest BCUT2D eigenvalue weighted by Gasteiger charge is 2.47. The predicted molar refractivity (Wildman–Crippen MR) is 96.5 cm³/mol. The SMILES string of the molecule is CCC(=O)c1ccc(OCOC)c(C)c1C1(C(=O)O)CCN(C(=O)O)CC1. The van der Waals surface area contributed by atoms with Crippen molar-refractivity contribution < 1.29 is 34.1 Å². The fraction of sp³-hybridized carbons (Fsp3) is 0.526. The van der Waals surface area contributed by atoms with Crippen LogP contribution in [0.5, 0.6) is 5.75 Å². The average Bonchev–Trinajstić information content (AvgIpc) is 2.66. The molecular formula is C19H25NO7. The molecule has 1 saturated heterocycles. The number of likely N-dealkylation sites (tertiary alicyclic amines) is 1. The number of piperidine rings is 1. The van der Waals surface area contributed by atoms with Gasteiger partial charge in [-0.15, -0.1) is 0 Å². The number of benzene rings is 1. The molecule has 0 bridgehead atoms. The Morgan fingerprint density at radius 1 is 1.19 bits per heavy atom. The fourth-order valence-corrected chi connectivity index (χ4v) is 3.66. The quantitative estimate of drug-likeness (QED) is 0.553. The van der Waals surface area contributed by atoms with Crippen LogP contribution in [-0.4, -0.2) is 60.0 Å². The Morgan fingerprint density at radius 2 is 1.81 bits per heavy atom. The van der Waals surface area contributed by atoms with E-state index in [-0.39, 0.29) is 44.9 Å². The Balaban J connectivity index is 2.61. The molecule has 148 valence electrons. The Hall–Kier alpha value is -2.61. The lowest BCUT2D eigenvalue weighted by atomic mass is 9.69. The minimum absolute atomic E-state index is 0.00574. The number of amides is 1. The molecule has 0 radical (unpaired) electrons. The number of carbonyl (C=O) groups is 3. The summed E-state index contributed by atoms with van der Waals surface area (Å²) in [6, 6.07) is 3.23. The first kappa shape index (κ1) is 20.7. The summed E-state index contributed by atoms with van der Waals surface area (Å²) < 4.78 is 10.5. The standard InChI is InChI=1S/C19H25NO7/c1-4-14(21)13-5-6-15(27-11-26-3)12(2)16(13)19(17(22)23)7-9-20(10-8-19)18(24)25/h5-6H,4,7-11H2,1-3H3,(H,22,23)(H,24,25). The predicted octanol–water partition coefficient (Wildman–Crippen LogP) is 2.67. The second-order valence-electron chi connectivity index (χ2n) is 6.60. The second-order valence-corrected chi connectivity index (χ2v) is 6.60. The van der Waals surface area contributed by atoms with Gasteiger partial charge in [0.1, 0.15) is 5.75 Å². The van der Waals surface area contributed by atoms with Crippen LogP contribution in [0.3, 0.4) is 0 Å². The number of Topliss-reactive ketones (excluding diaryl/α,β-unsaturated/α-hetero) is 1. The molecule has 1 heterocycles. The molecule has 8 heteroatoms. The topological polar surface area (TPSA) is 113 Å². The normalized spacial score (nSPS) is 16.0. The molecule has 1 aromatic rings. The molecule has 1 amide bonds. The molecule has 0 unspecified atom stereocenters. The summed E-state index contributed by atoms with van der Waals surface area (Å²) in [7, 11) is 1.48. The number of nitrogens with zero attached hydrogens (tertiary/aromatic N) is 1. The van der Waals surface area contributed by atoms with E-state index < -0.39 is 17.5 Å². The number of hydrogen-bond acceptors (Lipinski definition) is 5. The summed E-state index contributed by atoms with van der Waals surface area (Å²) >= 11 is 0. The third-order valence-corrected chi connectivity index (χ3v) is 5.14. The summed E-state index contributed by atoms with van der Waals surface area (Å²) in [5.41, 5.74) is -0.00761. The number of ether oxygens (including phenoxy) is 2. The van der Waals surface area contributed by atoms with Crippen molar-refractivity contribution in [2.75, 3.05) is 27.0 Å². The molecule has 8 nitrogen and oxygen atoms in total. The van der Waals surface area contributed by atoms with E-state index in [9.17, 15) is 24.6 Å². The summed E-state index contributed by atoms with van der Waals surface area (Å²) in [6.07, 6.45) is -0.657. The number of carbonyl (C=O) groups excluding carboxylic acids is 1. The van der Waals surface area contributed by atoms with Gasteiger partial charge >= 0.3 is 12.1 Å². The van der Waals surface area contributed by atoms with Crippen molar-refractivity contribution >= 4 is 17.8 Å². The van der Waals surface area contributed by atoms with Crippen molar-refractivity contribution in [1.82, 2.24) is 4.90 Å². The zero-order valence-corrected chi connectivity index (χ0v) is 15.8. The second kappa shape index (κ2) is 8.39. The highest BCUT2D eigenvalue weighted by atomic mass is 16.7. The van der Waals surface area contributed by atoms with Crippen molar-refractivity contribution in [2.45, 2.75) is 38.5 Å². The van der Waals surface area contributed by atoms with Crippen LogP contribution in [-0.2, 0) is 14.9 Å². The van der Waals surface area contributed by atoms with E-state index in [1.807, 2.05) is 0 Å². The lowest BCUT2D eigenvalue weighted by Gasteiger charge is -2.40. The first-order valence-corrected chi connectivity index (χ1v) is 8.78. The van der Waals surface area contributed by atoms with Gasteiger partial charge in [-0.2, -0.15) is 0 Å². The Kier molecular flexibility index (Phi) is 6.43. The molecule has 0 aliphatic carbocycles. The monoisotopic (exact) mass is 379 g/mol. The summed E-state index contributed by atoms with van der Waals surface area (Å²) in [4.78, 5) is 37.3. The fourth-order valence-electron chi connectivity index (χ4n) is 3.66. The number of aliphatic carboxylic acids is 1. The van der Waals surface area contributed by atoms with Crippen molar-refractivity contribution in [3.8, 4) is 5.75 Å². The molecule has 0 atom stereocenters. The number of carboxylic acid groups (broad SMARTS) is 2. The third kappa shape index (κ3) is 3.90. The first-order chi connectivity index (χ1) is 12.8. The molecule has 0 aromatic heterocycles. The van der Waals surface area contributed by atoms with Crippen molar-refractivity contribution in [3.05, 3.63) is 28.8 Å². The highest BCUT2D eigenvalue weighted by molar-refractivity contribution is 6.00. The molecular weight excluding hydrogens is 354 g/mol. The van der Waals surface area contributed by atoms with E-state index in [1.54, 1.807) is 26.0 Å². The maximum atomic E-state index is 12.5. The van der Waals surface area contributed by atoms with Gasteiger partial charge in [-0.1, -0.05) is 6.92 Å². The van der Waals surface area contributed by atoms with E-state index in [4.69, 9.17) is 9.47 Å². The number of carboxylic acids is 1. The van der Waals surface area contributed by atoms with Crippen molar-refractivity contribution in [3.63, 3.8) is 0 Å². The molecule has 27 heavy (non-hydrogen) atoms. The zero-order chi connectivity index (χ0) is 20.2. The largest absolute Gasteiger partial charge is 0.481 e. The first-order valence-electron chi connectivity index (χ1n) is 8.78. The maximum Gasteiger partial charge on any atom is 0.407 e. The van der Waals surface area contributed by atoms with Gasteiger partial charge in [0.05, 0.1) is 5.41 Å². The average molecular weight is 379 g/mol. The number of methoxy groups -OCH3 is 1. The molecule has 1 aromatic carbocycles. The van der Waals surface area contributed by atoms with Gasteiger partial charge in [0.15, 0.2) is 12.6 Å². The molecule has 0 saturated carbocycles. The smallest absolute Gasteiger partial charge is 0.407 e. The number of ketones is 1. The Labute approximate surface area is 157 Å². The van der Waals surface area contributed by atoms with Crippen LogP contribution in [0, 0.1) is 6.92 Å². The van der Waals surface area contributed by atoms with Crippen LogP contribution in [0.1, 0.15) is 47.7 Å². The summed E-state index contributed by atoms with van der Waals surface area (Å²) in [5, 5.41) is 19.3. The Morgan fingerprint density at radius 3 is 2.30 bits per heavy atom. The molecule has 0 spiro atoms. The van der Waals surface area contributed by atoms with Crippen LogP contribution in [0.2, 0.25) is 0 Å². The maximum absolute atomic E-state index is 12.5. The van der Waals surface area contributed by atoms with Crippen LogP contribution in [0.15, 0.2) is 12.1 Å².